The van der Waals surface area contributed by atoms with Crippen LogP contribution in [0.1, 0.15) is 29.8 Å². The lowest BCUT2D eigenvalue weighted by atomic mass is 9.93. The molecule has 2 aliphatic heterocycles. The van der Waals surface area contributed by atoms with Crippen molar-refractivity contribution in [2.45, 2.75) is 32.2 Å². The first-order valence-electron chi connectivity index (χ1n) is 8.42. The fourth-order valence-electron chi connectivity index (χ4n) is 3.26. The van der Waals surface area contributed by atoms with E-state index >= 15 is 0 Å². The van der Waals surface area contributed by atoms with Crippen molar-refractivity contribution in [3.05, 3.63) is 41.8 Å². The van der Waals surface area contributed by atoms with Crippen molar-refractivity contribution in [3.63, 3.8) is 0 Å². The van der Waals surface area contributed by atoms with Gasteiger partial charge >= 0.3 is 0 Å². The van der Waals surface area contributed by atoms with Gasteiger partial charge in [-0.15, -0.1) is 0 Å². The normalized spacial score (nSPS) is 23.6. The monoisotopic (exact) mass is 344 g/mol. The molecule has 0 N–H and O–H groups in total. The Morgan fingerprint density at radius 3 is 3.04 bits per heavy atom. The maximum Gasteiger partial charge on any atom is 0.252 e. The van der Waals surface area contributed by atoms with Gasteiger partial charge in [-0.2, -0.15) is 4.98 Å². The lowest BCUT2D eigenvalue weighted by molar-refractivity contribution is -0.152. The molecule has 2 saturated heterocycles. The van der Waals surface area contributed by atoms with Crippen molar-refractivity contribution in [2.75, 3.05) is 19.7 Å². The van der Waals surface area contributed by atoms with Crippen LogP contribution < -0.4 is 0 Å². The van der Waals surface area contributed by atoms with Crippen LogP contribution in [0.4, 0.5) is 0 Å². The van der Waals surface area contributed by atoms with Gasteiger partial charge in [0.2, 0.25) is 5.91 Å². The second-order valence-corrected chi connectivity index (χ2v) is 6.38. The number of amides is 1. The van der Waals surface area contributed by atoms with Gasteiger partial charge in [-0.3, -0.25) is 9.78 Å². The number of carbonyl (C=O) groups excluding carboxylic acids is 1. The van der Waals surface area contributed by atoms with E-state index in [0.29, 0.717) is 31.4 Å². The topological polar surface area (TPSA) is 90.6 Å². The Kier molecular flexibility index (Phi) is 4.46. The Hall–Kier alpha value is -2.32. The molecule has 0 spiro atoms. The van der Waals surface area contributed by atoms with E-state index in [1.54, 1.807) is 19.3 Å². The predicted octanol–water partition coefficient (Wildman–Crippen LogP) is 1.28. The molecule has 2 aromatic heterocycles. The Morgan fingerprint density at radius 2 is 2.32 bits per heavy atom. The highest BCUT2D eigenvalue weighted by atomic mass is 16.5. The third kappa shape index (κ3) is 3.40. The van der Waals surface area contributed by atoms with Gasteiger partial charge in [0.1, 0.15) is 6.61 Å². The van der Waals surface area contributed by atoms with Gasteiger partial charge in [0.15, 0.2) is 5.82 Å². The largest absolute Gasteiger partial charge is 0.373 e. The summed E-state index contributed by atoms with van der Waals surface area (Å²) in [4.78, 5) is 22.8. The molecule has 1 amide bonds. The van der Waals surface area contributed by atoms with E-state index in [1.165, 1.54) is 0 Å². The Bertz CT molecular complexity index is 729. The molecule has 8 heteroatoms. The van der Waals surface area contributed by atoms with Gasteiger partial charge < -0.3 is 18.9 Å². The minimum Gasteiger partial charge on any atom is -0.373 e. The molecule has 132 valence electrons. The smallest absolute Gasteiger partial charge is 0.252 e. The number of likely N-dealkylation sites (tertiary alicyclic amines) is 1. The van der Waals surface area contributed by atoms with Crippen molar-refractivity contribution >= 4 is 5.91 Å². The summed E-state index contributed by atoms with van der Waals surface area (Å²) in [6.07, 6.45) is 4.03. The van der Waals surface area contributed by atoms with E-state index in [2.05, 4.69) is 15.1 Å². The number of carbonyl (C=O) groups is 1. The molecule has 4 rings (SSSR count). The van der Waals surface area contributed by atoms with Gasteiger partial charge in [0, 0.05) is 32.1 Å². The first-order valence-corrected chi connectivity index (χ1v) is 8.42. The fraction of sp³-hybridized carbons (Fsp3) is 0.529. The molecule has 0 aliphatic carbocycles. The predicted molar refractivity (Wildman–Crippen MR) is 85.2 cm³/mol. The third-order valence-corrected chi connectivity index (χ3v) is 4.59. The number of nitrogens with zero attached hydrogens (tertiary/aromatic N) is 4. The SMILES string of the molecule is Cc1noc(COC2CN(C(=O)[C@H]3CCO[C@@H]3c3cccnc3)C2)n1. The van der Waals surface area contributed by atoms with Crippen molar-refractivity contribution in [2.24, 2.45) is 5.92 Å². The zero-order chi connectivity index (χ0) is 17.2. The van der Waals surface area contributed by atoms with Crippen LogP contribution in [0.15, 0.2) is 29.0 Å². The van der Waals surface area contributed by atoms with E-state index in [4.69, 9.17) is 14.0 Å². The summed E-state index contributed by atoms with van der Waals surface area (Å²) in [5, 5.41) is 3.72. The minimum atomic E-state index is -0.206. The van der Waals surface area contributed by atoms with Gasteiger partial charge in [-0.1, -0.05) is 11.2 Å². The molecular weight excluding hydrogens is 324 g/mol. The molecule has 0 bridgehead atoms. The number of ether oxygens (including phenoxy) is 2. The third-order valence-electron chi connectivity index (χ3n) is 4.59. The van der Waals surface area contributed by atoms with Gasteiger partial charge in [0.25, 0.3) is 5.89 Å². The average molecular weight is 344 g/mol. The second-order valence-electron chi connectivity index (χ2n) is 6.38. The van der Waals surface area contributed by atoms with Crippen LogP contribution in [0, 0.1) is 12.8 Å². The maximum atomic E-state index is 12.8. The molecule has 0 saturated carbocycles. The summed E-state index contributed by atoms with van der Waals surface area (Å²) < 4.78 is 16.5. The van der Waals surface area contributed by atoms with E-state index < -0.39 is 0 Å². The van der Waals surface area contributed by atoms with E-state index in [9.17, 15) is 4.79 Å². The summed E-state index contributed by atoms with van der Waals surface area (Å²) in [6.45, 7) is 3.81. The highest BCUT2D eigenvalue weighted by Gasteiger charge is 2.41. The van der Waals surface area contributed by atoms with Crippen LogP contribution in [0.3, 0.4) is 0 Å². The van der Waals surface area contributed by atoms with Crippen molar-refractivity contribution in [1.29, 1.82) is 0 Å². The molecule has 4 heterocycles. The molecule has 8 nitrogen and oxygen atoms in total. The fourth-order valence-corrected chi connectivity index (χ4v) is 3.26. The Balaban J connectivity index is 1.29. The molecule has 2 fully saturated rings. The van der Waals surface area contributed by atoms with E-state index in [-0.39, 0.29) is 30.6 Å². The highest BCUT2D eigenvalue weighted by molar-refractivity contribution is 5.80. The van der Waals surface area contributed by atoms with Crippen LogP contribution >= 0.6 is 0 Å². The summed E-state index contributed by atoms with van der Waals surface area (Å²) in [7, 11) is 0. The quantitative estimate of drug-likeness (QED) is 0.807. The maximum absolute atomic E-state index is 12.8. The molecular formula is C17H20N4O4. The van der Waals surface area contributed by atoms with Crippen LogP contribution in [-0.4, -0.2) is 51.7 Å². The van der Waals surface area contributed by atoms with Crippen LogP contribution in [-0.2, 0) is 20.9 Å². The lowest BCUT2D eigenvalue weighted by Gasteiger charge is -2.40. The standard InChI is InChI=1S/C17H20N4O4/c1-11-19-15(25-20-11)10-24-13-8-21(9-13)17(22)14-4-6-23-16(14)12-3-2-5-18-7-12/h2-3,5,7,13-14,16H,4,6,8-10H2,1H3/t14-,16+/m0/s1. The number of aryl methyl sites for hydroxylation is 1. The summed E-state index contributed by atoms with van der Waals surface area (Å²) in [5.74, 6) is 1.03. The van der Waals surface area contributed by atoms with Crippen LogP contribution in [0.25, 0.3) is 0 Å². The molecule has 0 unspecified atom stereocenters. The number of rotatable bonds is 5. The van der Waals surface area contributed by atoms with Crippen molar-refractivity contribution < 1.29 is 18.8 Å². The molecule has 0 aromatic carbocycles. The van der Waals surface area contributed by atoms with Gasteiger partial charge in [-0.25, -0.2) is 0 Å². The first-order chi connectivity index (χ1) is 12.2. The summed E-state index contributed by atoms with van der Waals surface area (Å²) in [6, 6.07) is 3.82. The Morgan fingerprint density at radius 1 is 1.44 bits per heavy atom. The van der Waals surface area contributed by atoms with Gasteiger partial charge in [-0.05, 0) is 25.0 Å². The number of pyridine rings is 1. The van der Waals surface area contributed by atoms with Crippen molar-refractivity contribution in [1.82, 2.24) is 20.0 Å². The Labute approximate surface area is 145 Å². The molecule has 25 heavy (non-hydrogen) atoms. The number of hydrogen-bond acceptors (Lipinski definition) is 7. The second kappa shape index (κ2) is 6.89. The van der Waals surface area contributed by atoms with Crippen LogP contribution in [0.2, 0.25) is 0 Å². The zero-order valence-electron chi connectivity index (χ0n) is 14.0. The van der Waals surface area contributed by atoms with Gasteiger partial charge in [0.05, 0.1) is 18.1 Å². The average Bonchev–Trinajstić information content (AvgIpc) is 3.23. The molecule has 2 aromatic rings. The van der Waals surface area contributed by atoms with E-state index in [1.807, 2.05) is 17.0 Å². The number of hydrogen-bond donors (Lipinski definition) is 0. The summed E-state index contributed by atoms with van der Waals surface area (Å²) in [5.41, 5.74) is 0.957. The first kappa shape index (κ1) is 16.2. The highest BCUT2D eigenvalue weighted by Crippen LogP contribution is 2.36. The summed E-state index contributed by atoms with van der Waals surface area (Å²) >= 11 is 0. The molecule has 2 atom stereocenters. The zero-order valence-corrected chi connectivity index (χ0v) is 14.0. The molecule has 0 radical (unpaired) electrons. The van der Waals surface area contributed by atoms with Crippen LogP contribution in [0.5, 0.6) is 0 Å². The van der Waals surface area contributed by atoms with Crippen molar-refractivity contribution in [3.8, 4) is 0 Å². The number of aromatic nitrogens is 3. The lowest BCUT2D eigenvalue weighted by Crippen LogP contribution is -2.56. The minimum absolute atomic E-state index is 0.00956. The van der Waals surface area contributed by atoms with E-state index in [0.717, 1.165) is 12.0 Å². The molecule has 2 aliphatic rings.